The van der Waals surface area contributed by atoms with Crippen LogP contribution in [0.25, 0.3) is 33.1 Å². The van der Waals surface area contributed by atoms with Gasteiger partial charge in [-0.1, -0.05) is 176 Å². The van der Waals surface area contributed by atoms with Gasteiger partial charge >= 0.3 is 0 Å². The first-order valence-electron chi connectivity index (χ1n) is 21.2. The van der Waals surface area contributed by atoms with Crippen molar-refractivity contribution in [2.75, 3.05) is 0 Å². The van der Waals surface area contributed by atoms with Crippen LogP contribution in [0, 0.1) is 27.7 Å². The van der Waals surface area contributed by atoms with Crippen molar-refractivity contribution in [3.63, 3.8) is 0 Å². The quantitative estimate of drug-likeness (QED) is 0.137. The number of nitrogens with zero attached hydrogens (tertiary/aromatic N) is 6. The van der Waals surface area contributed by atoms with Gasteiger partial charge in [0.15, 0.2) is 0 Å². The maximum Gasteiger partial charge on any atom is 0.0451 e. The number of hydrogen-bond acceptors (Lipinski definition) is 4. The first-order valence-corrected chi connectivity index (χ1v) is 21.2. The Labute approximate surface area is 393 Å². The van der Waals surface area contributed by atoms with E-state index in [9.17, 15) is 0 Å². The maximum atomic E-state index is 5.02. The molecule has 0 aliphatic carbocycles. The zero-order chi connectivity index (χ0) is 43.3. The number of pyridine rings is 2. The normalized spacial score (nSPS) is 10.6. The van der Waals surface area contributed by atoms with Crippen molar-refractivity contribution in [3.05, 3.63) is 189 Å². The summed E-state index contributed by atoms with van der Waals surface area (Å²) in [5.41, 5.74) is 16.6. The number of hydrogen-bond donors (Lipinski definition) is 0. The van der Waals surface area contributed by atoms with Crippen molar-refractivity contribution in [1.82, 2.24) is 19.9 Å². The van der Waals surface area contributed by atoms with Gasteiger partial charge in [-0.3, -0.25) is 9.97 Å². The van der Waals surface area contributed by atoms with Crippen LogP contribution in [-0.4, -0.2) is 19.9 Å². The predicted octanol–water partition coefficient (Wildman–Crippen LogP) is 16.4. The van der Waals surface area contributed by atoms with Crippen molar-refractivity contribution >= 4 is 23.0 Å². The molecule has 0 N–H and O–H groups in total. The molecule has 8 heteroatoms. The van der Waals surface area contributed by atoms with Gasteiger partial charge in [-0.15, -0.1) is 0 Å². The van der Waals surface area contributed by atoms with Crippen LogP contribution in [0.5, 0.6) is 0 Å². The number of aromatic nitrogens is 4. The van der Waals surface area contributed by atoms with Crippen molar-refractivity contribution in [2.45, 2.75) is 107 Å². The first kappa shape index (κ1) is 51.3. The molecule has 3 heterocycles. The molecule has 7 aromatic rings. The molecule has 0 aliphatic heterocycles. The van der Waals surface area contributed by atoms with Crippen LogP contribution in [0.1, 0.15) is 124 Å². The first-order chi connectivity index (χ1) is 28.8. The fraction of sp³-hybridized carbons (Fsp3) is 0.296. The Kier molecular flexibility index (Phi) is 20.3. The van der Waals surface area contributed by atoms with E-state index in [2.05, 4.69) is 190 Å². The molecule has 6 nitrogen and oxygen atoms in total. The molecular formula is C54H62Cr2N6-2. The van der Waals surface area contributed by atoms with Gasteiger partial charge in [0.1, 0.15) is 0 Å². The van der Waals surface area contributed by atoms with Crippen molar-refractivity contribution in [3.8, 4) is 22.5 Å². The van der Waals surface area contributed by atoms with E-state index in [1.807, 2.05) is 12.1 Å². The summed E-state index contributed by atoms with van der Waals surface area (Å²) < 4.78 is 0. The summed E-state index contributed by atoms with van der Waals surface area (Å²) in [6, 6.07) is 38.0. The Morgan fingerprint density at radius 1 is 0.355 bits per heavy atom. The van der Waals surface area contributed by atoms with E-state index in [0.717, 1.165) is 34.4 Å². The summed E-state index contributed by atoms with van der Waals surface area (Å²) in [6.45, 7) is 26.3. The van der Waals surface area contributed by atoms with E-state index in [0.29, 0.717) is 23.7 Å². The van der Waals surface area contributed by atoms with E-state index in [1.54, 1.807) is 24.8 Å². The largest absolute Gasteiger partial charge is 0.436 e. The molecule has 0 bridgehead atoms. The number of benzene rings is 4. The average molecular weight is 899 g/mol. The molecule has 0 spiro atoms. The van der Waals surface area contributed by atoms with Crippen LogP contribution < -0.4 is 0 Å². The zero-order valence-electron chi connectivity index (χ0n) is 38.5. The molecule has 322 valence electrons. The molecule has 0 amide bonds. The van der Waals surface area contributed by atoms with Gasteiger partial charge in [0.2, 0.25) is 0 Å². The van der Waals surface area contributed by atoms with Crippen molar-refractivity contribution in [1.29, 1.82) is 0 Å². The van der Waals surface area contributed by atoms with Crippen LogP contribution in [0.2, 0.25) is 0 Å². The van der Waals surface area contributed by atoms with Crippen LogP contribution in [0.4, 0.5) is 23.0 Å². The van der Waals surface area contributed by atoms with Crippen LogP contribution in [0.3, 0.4) is 0 Å². The van der Waals surface area contributed by atoms with Gasteiger partial charge in [-0.25, -0.2) is 0 Å². The standard InChI is InChI=1S/2C25H29N2.C4H4N2.2Cr/c2*1-16(2)20-12-8-13-21(17(3)4)25(20)27-23-15-9-14-22(26-23)24-18(5)10-7-11-19(24)6;1-2-6-4-3-5-1;;/h2*7-17H,1-6H3;1-4H;;/q2*-1;;;. The van der Waals surface area contributed by atoms with E-state index < -0.39 is 0 Å². The molecule has 62 heavy (non-hydrogen) atoms. The van der Waals surface area contributed by atoms with Crippen LogP contribution in [0.15, 0.2) is 134 Å². The molecule has 0 aliphatic rings. The summed E-state index contributed by atoms with van der Waals surface area (Å²) in [5, 5.41) is 10.0. The van der Waals surface area contributed by atoms with E-state index >= 15 is 0 Å². The minimum Gasteiger partial charge on any atom is -0.436 e. The third kappa shape index (κ3) is 13.5. The summed E-state index contributed by atoms with van der Waals surface area (Å²) in [6.07, 6.45) is 6.56. The van der Waals surface area contributed by atoms with E-state index in [4.69, 9.17) is 20.6 Å². The van der Waals surface area contributed by atoms with Crippen LogP contribution >= 0.6 is 0 Å². The Morgan fingerprint density at radius 2 is 0.613 bits per heavy atom. The van der Waals surface area contributed by atoms with Crippen molar-refractivity contribution in [2.24, 2.45) is 0 Å². The minimum atomic E-state index is 0. The molecule has 0 fully saturated rings. The molecule has 3 aromatic heterocycles. The molecule has 7 rings (SSSR count). The summed E-state index contributed by atoms with van der Waals surface area (Å²) in [4.78, 5) is 17.2. The van der Waals surface area contributed by atoms with Gasteiger partial charge in [0.05, 0.1) is 0 Å². The Balaban J connectivity index is 0.000000282. The van der Waals surface area contributed by atoms with Crippen LogP contribution in [-0.2, 0) is 34.7 Å². The molecule has 0 saturated heterocycles. The van der Waals surface area contributed by atoms with E-state index in [1.165, 1.54) is 55.6 Å². The van der Waals surface area contributed by atoms with Gasteiger partial charge in [-0.05, 0) is 130 Å². The average Bonchev–Trinajstić information content (AvgIpc) is 3.22. The van der Waals surface area contributed by atoms with Gasteiger partial charge < -0.3 is 20.6 Å². The van der Waals surface area contributed by atoms with Gasteiger partial charge in [0, 0.05) is 59.5 Å². The molecule has 0 unspecified atom stereocenters. The second kappa shape index (κ2) is 24.5. The maximum absolute atomic E-state index is 5.02. The summed E-state index contributed by atoms with van der Waals surface area (Å²) >= 11 is 0. The SMILES string of the molecule is Cc1cccc(C)c1-c1cccc([N-]c2c(C(C)C)cccc2C(C)C)n1.Cc1cccc(C)c1-c1cccc([N-]c2c(C(C)C)cccc2C(C)C)n1.[Cr].[Cr].c1cnccn1. The molecule has 0 atom stereocenters. The molecular weight excluding hydrogens is 837 g/mol. The number of aryl methyl sites for hydroxylation is 4. The number of para-hydroxylation sites is 2. The second-order valence-electron chi connectivity index (χ2n) is 16.6. The monoisotopic (exact) mass is 898 g/mol. The molecule has 0 radical (unpaired) electrons. The molecule has 4 aromatic carbocycles. The predicted molar refractivity (Wildman–Crippen MR) is 255 cm³/mol. The topological polar surface area (TPSA) is 79.8 Å². The van der Waals surface area contributed by atoms with Crippen molar-refractivity contribution < 1.29 is 34.7 Å². The van der Waals surface area contributed by atoms with Gasteiger partial charge in [0.25, 0.3) is 0 Å². The third-order valence-electron chi connectivity index (χ3n) is 10.6. The van der Waals surface area contributed by atoms with E-state index in [-0.39, 0.29) is 34.7 Å². The zero-order valence-corrected chi connectivity index (χ0v) is 41.1. The Bertz CT molecular complexity index is 2190. The third-order valence-corrected chi connectivity index (χ3v) is 10.6. The Morgan fingerprint density at radius 3 is 0.871 bits per heavy atom. The van der Waals surface area contributed by atoms with Gasteiger partial charge in [-0.2, -0.15) is 0 Å². The second-order valence-corrected chi connectivity index (χ2v) is 16.6. The fourth-order valence-electron chi connectivity index (χ4n) is 7.45. The summed E-state index contributed by atoms with van der Waals surface area (Å²) in [7, 11) is 0. The minimum absolute atomic E-state index is 0. The smallest absolute Gasteiger partial charge is 0.0451 e. The number of rotatable bonds is 10. The Hall–Kier alpha value is -5.08. The summed E-state index contributed by atoms with van der Waals surface area (Å²) in [5.74, 6) is 3.22. The fourth-order valence-corrected chi connectivity index (χ4v) is 7.45. The molecule has 0 saturated carbocycles.